The summed E-state index contributed by atoms with van der Waals surface area (Å²) in [6.07, 6.45) is 2.21. The van der Waals surface area contributed by atoms with Crippen LogP contribution in [0.5, 0.6) is 0 Å². The molecule has 0 radical (unpaired) electrons. The predicted molar refractivity (Wildman–Crippen MR) is 95.7 cm³/mol. The molecule has 0 aromatic heterocycles. The third-order valence-corrected chi connectivity index (χ3v) is 9.68. The highest BCUT2D eigenvalue weighted by atomic mass is 35.6. The number of aryl methyl sites for hydroxylation is 2. The van der Waals surface area contributed by atoms with Crippen molar-refractivity contribution in [3.8, 4) is 0 Å². The first-order valence-electron chi connectivity index (χ1n) is 8.13. The molecule has 0 nitrogen and oxygen atoms in total. The van der Waals surface area contributed by atoms with E-state index in [0.717, 1.165) is 12.8 Å². The van der Waals surface area contributed by atoms with Crippen LogP contribution in [0, 0.1) is 11.8 Å². The Kier molecular flexibility index (Phi) is 6.80. The van der Waals surface area contributed by atoms with Crippen molar-refractivity contribution < 1.29 is 0 Å². The Bertz CT molecular complexity index is 391. The van der Waals surface area contributed by atoms with E-state index in [4.69, 9.17) is 11.1 Å². The van der Waals surface area contributed by atoms with Gasteiger partial charge in [-0.05, 0) is 53.1 Å². The monoisotopic (exact) mass is 310 g/mol. The third kappa shape index (κ3) is 4.93. The molecular formula is C18H31ClSi. The molecule has 0 aliphatic rings. The molecule has 20 heavy (non-hydrogen) atoms. The second-order valence-corrected chi connectivity index (χ2v) is 12.4. The Morgan fingerprint density at radius 3 is 1.55 bits per heavy atom. The number of rotatable bonds is 7. The van der Waals surface area contributed by atoms with Gasteiger partial charge in [0.2, 0.25) is 0 Å². The molecule has 0 aliphatic heterocycles. The van der Waals surface area contributed by atoms with E-state index >= 15 is 0 Å². The van der Waals surface area contributed by atoms with Gasteiger partial charge in [-0.2, -0.15) is 11.1 Å². The van der Waals surface area contributed by atoms with Crippen LogP contribution in [0.2, 0.25) is 12.1 Å². The van der Waals surface area contributed by atoms with Gasteiger partial charge in [-0.3, -0.25) is 0 Å². The molecule has 0 unspecified atom stereocenters. The summed E-state index contributed by atoms with van der Waals surface area (Å²) in [5.74, 6) is 1.35. The average molecular weight is 311 g/mol. The highest BCUT2D eigenvalue weighted by Gasteiger charge is 2.35. The second kappa shape index (κ2) is 7.65. The van der Waals surface area contributed by atoms with Gasteiger partial charge in [0.25, 0.3) is 0 Å². The Labute approximate surface area is 131 Å². The maximum atomic E-state index is 7.25. The van der Waals surface area contributed by atoms with Gasteiger partial charge in [-0.25, -0.2) is 0 Å². The summed E-state index contributed by atoms with van der Waals surface area (Å²) in [4.78, 5) is 0. The molecule has 0 spiro atoms. The minimum Gasteiger partial charge on any atom is -0.161 e. The third-order valence-electron chi connectivity index (χ3n) is 3.85. The van der Waals surface area contributed by atoms with E-state index in [1.54, 1.807) is 0 Å². The molecule has 0 amide bonds. The Morgan fingerprint density at radius 1 is 0.850 bits per heavy atom. The molecule has 0 N–H and O–H groups in total. The molecule has 0 atom stereocenters. The highest BCUT2D eigenvalue weighted by molar-refractivity contribution is 7.27. The SMILES string of the molecule is CCc1cc(CC)cc([Si](Cl)(CC(C)C)CC(C)C)c1. The van der Waals surface area contributed by atoms with E-state index < -0.39 is 7.38 Å². The smallest absolute Gasteiger partial charge is 0.161 e. The van der Waals surface area contributed by atoms with Crippen molar-refractivity contribution in [3.63, 3.8) is 0 Å². The first kappa shape index (κ1) is 17.8. The average Bonchev–Trinajstić information content (AvgIpc) is 2.36. The van der Waals surface area contributed by atoms with Gasteiger partial charge in [0.15, 0.2) is 7.38 Å². The van der Waals surface area contributed by atoms with E-state index in [9.17, 15) is 0 Å². The molecule has 0 saturated heterocycles. The van der Waals surface area contributed by atoms with Crippen molar-refractivity contribution in [1.29, 1.82) is 0 Å². The summed E-state index contributed by atoms with van der Waals surface area (Å²) in [5, 5.41) is 1.47. The van der Waals surface area contributed by atoms with Crippen LogP contribution >= 0.6 is 11.1 Å². The van der Waals surface area contributed by atoms with Crippen molar-refractivity contribution >= 4 is 23.6 Å². The number of hydrogen-bond donors (Lipinski definition) is 0. The van der Waals surface area contributed by atoms with Gasteiger partial charge in [-0.1, -0.05) is 59.7 Å². The number of benzene rings is 1. The lowest BCUT2D eigenvalue weighted by atomic mass is 10.1. The Balaban J connectivity index is 3.24. The first-order valence-corrected chi connectivity index (χ1v) is 11.6. The largest absolute Gasteiger partial charge is 0.187 e. The highest BCUT2D eigenvalue weighted by Crippen LogP contribution is 2.29. The summed E-state index contributed by atoms with van der Waals surface area (Å²) in [7, 11) is -1.87. The molecule has 0 saturated carbocycles. The normalized spacial score (nSPS) is 12.4. The van der Waals surface area contributed by atoms with Crippen LogP contribution in [0.3, 0.4) is 0 Å². The van der Waals surface area contributed by atoms with E-state index in [2.05, 4.69) is 59.7 Å². The summed E-state index contributed by atoms with van der Waals surface area (Å²) in [6.45, 7) is 13.7. The lowest BCUT2D eigenvalue weighted by molar-refractivity contribution is 0.691. The van der Waals surface area contributed by atoms with Crippen molar-refractivity contribution in [2.24, 2.45) is 11.8 Å². The van der Waals surface area contributed by atoms with E-state index in [0.29, 0.717) is 11.8 Å². The van der Waals surface area contributed by atoms with E-state index in [1.165, 1.54) is 28.4 Å². The first-order chi connectivity index (χ1) is 9.30. The molecule has 1 aromatic rings. The summed E-state index contributed by atoms with van der Waals surface area (Å²) in [5.41, 5.74) is 2.90. The topological polar surface area (TPSA) is 0 Å². The second-order valence-electron chi connectivity index (χ2n) is 6.91. The maximum absolute atomic E-state index is 7.25. The number of halogens is 1. The Morgan fingerprint density at radius 2 is 1.25 bits per heavy atom. The van der Waals surface area contributed by atoms with Crippen LogP contribution in [0.25, 0.3) is 0 Å². The van der Waals surface area contributed by atoms with Crippen molar-refractivity contribution in [2.45, 2.75) is 66.5 Å². The van der Waals surface area contributed by atoms with Crippen molar-refractivity contribution in [1.82, 2.24) is 0 Å². The van der Waals surface area contributed by atoms with Crippen LogP contribution in [0.4, 0.5) is 0 Å². The van der Waals surface area contributed by atoms with E-state index in [1.807, 2.05) is 0 Å². The predicted octanol–water partition coefficient (Wildman–Crippen LogP) is 5.51. The lowest BCUT2D eigenvalue weighted by Crippen LogP contribution is -2.44. The van der Waals surface area contributed by atoms with E-state index in [-0.39, 0.29) is 0 Å². The van der Waals surface area contributed by atoms with Crippen LogP contribution in [-0.2, 0) is 12.8 Å². The van der Waals surface area contributed by atoms with Crippen molar-refractivity contribution in [2.75, 3.05) is 0 Å². The fraction of sp³-hybridized carbons (Fsp3) is 0.667. The molecular weight excluding hydrogens is 280 g/mol. The zero-order chi connectivity index (χ0) is 15.3. The van der Waals surface area contributed by atoms with Crippen LogP contribution in [0.15, 0.2) is 18.2 Å². The fourth-order valence-corrected chi connectivity index (χ4v) is 9.34. The molecule has 1 rings (SSSR count). The number of hydrogen-bond acceptors (Lipinski definition) is 0. The molecule has 2 heteroatoms. The zero-order valence-electron chi connectivity index (χ0n) is 14.1. The maximum Gasteiger partial charge on any atom is 0.187 e. The molecule has 0 fully saturated rings. The van der Waals surface area contributed by atoms with Gasteiger partial charge >= 0.3 is 0 Å². The standard InChI is InChI=1S/C18H31ClSi/c1-7-16-9-17(8-2)11-18(10-16)20(19,12-14(3)4)13-15(5)6/h9-11,14-15H,7-8,12-13H2,1-6H3. The van der Waals surface area contributed by atoms with Crippen LogP contribution in [-0.4, -0.2) is 7.38 Å². The van der Waals surface area contributed by atoms with Crippen LogP contribution < -0.4 is 5.19 Å². The summed E-state index contributed by atoms with van der Waals surface area (Å²) >= 11 is 7.25. The van der Waals surface area contributed by atoms with Gasteiger partial charge in [-0.15, -0.1) is 0 Å². The summed E-state index contributed by atoms with van der Waals surface area (Å²) in [6, 6.07) is 9.50. The minimum atomic E-state index is -1.87. The molecule has 0 aliphatic carbocycles. The quantitative estimate of drug-likeness (QED) is 0.460. The molecule has 0 bridgehead atoms. The van der Waals surface area contributed by atoms with Gasteiger partial charge in [0.1, 0.15) is 0 Å². The fourth-order valence-electron chi connectivity index (χ4n) is 3.04. The summed E-state index contributed by atoms with van der Waals surface area (Å²) < 4.78 is 0. The lowest BCUT2D eigenvalue weighted by Gasteiger charge is -2.29. The minimum absolute atomic E-state index is 0.674. The zero-order valence-corrected chi connectivity index (χ0v) is 15.8. The van der Waals surface area contributed by atoms with Crippen molar-refractivity contribution in [3.05, 3.63) is 29.3 Å². The van der Waals surface area contributed by atoms with Gasteiger partial charge in [0.05, 0.1) is 0 Å². The van der Waals surface area contributed by atoms with Gasteiger partial charge < -0.3 is 0 Å². The van der Waals surface area contributed by atoms with Crippen LogP contribution in [0.1, 0.15) is 52.7 Å². The molecule has 1 aromatic carbocycles. The van der Waals surface area contributed by atoms with Gasteiger partial charge in [0, 0.05) is 0 Å². The Hall–Kier alpha value is -0.273. The molecule has 0 heterocycles. The molecule has 114 valence electrons.